The van der Waals surface area contributed by atoms with Gasteiger partial charge >= 0.3 is 0 Å². The summed E-state index contributed by atoms with van der Waals surface area (Å²) in [5, 5.41) is 19.0. The van der Waals surface area contributed by atoms with Gasteiger partial charge in [-0.2, -0.15) is 10.2 Å². The summed E-state index contributed by atoms with van der Waals surface area (Å²) in [5.74, 6) is -0.527. The maximum Gasteiger partial charge on any atom is 0.292 e. The fraction of sp³-hybridized carbons (Fsp3) is 0.0476. The van der Waals surface area contributed by atoms with Gasteiger partial charge < -0.3 is 0 Å². The van der Waals surface area contributed by atoms with Crippen LogP contribution in [0.25, 0.3) is 16.8 Å². The average Bonchev–Trinajstić information content (AvgIpc) is 3.21. The first kappa shape index (κ1) is 18.9. The molecule has 9 nitrogen and oxygen atoms in total. The van der Waals surface area contributed by atoms with Crippen LogP contribution in [0.2, 0.25) is 0 Å². The number of fused-ring (bicyclic) bond motifs is 1. The Hall–Kier alpha value is -4.40. The summed E-state index contributed by atoms with van der Waals surface area (Å²) in [4.78, 5) is 24.1. The molecule has 2 aromatic carbocycles. The van der Waals surface area contributed by atoms with E-state index in [1.165, 1.54) is 6.21 Å². The molecule has 30 heavy (non-hydrogen) atoms. The van der Waals surface area contributed by atoms with Crippen molar-refractivity contribution < 1.29 is 4.79 Å². The van der Waals surface area contributed by atoms with Crippen LogP contribution in [0.4, 0.5) is 0 Å². The number of hydrogen-bond acceptors (Lipinski definition) is 6. The van der Waals surface area contributed by atoms with Crippen LogP contribution in [-0.4, -0.2) is 37.3 Å². The molecule has 2 heterocycles. The van der Waals surface area contributed by atoms with Crippen LogP contribution in [0.15, 0.2) is 76.8 Å². The summed E-state index contributed by atoms with van der Waals surface area (Å²) in [6.07, 6.45) is 6.58. The van der Waals surface area contributed by atoms with Gasteiger partial charge in [0.25, 0.3) is 11.5 Å². The summed E-state index contributed by atoms with van der Waals surface area (Å²) in [6, 6.07) is 16.7. The molecule has 0 bridgehead atoms. The highest BCUT2D eigenvalue weighted by Crippen LogP contribution is 2.12. The predicted octanol–water partition coefficient (Wildman–Crippen LogP) is 1.99. The van der Waals surface area contributed by atoms with Gasteiger partial charge in [-0.25, -0.2) is 15.2 Å². The van der Waals surface area contributed by atoms with Crippen molar-refractivity contribution in [2.24, 2.45) is 5.10 Å². The van der Waals surface area contributed by atoms with Crippen molar-refractivity contribution in [2.45, 2.75) is 6.54 Å². The van der Waals surface area contributed by atoms with E-state index in [9.17, 15) is 9.59 Å². The Morgan fingerprint density at radius 1 is 1.10 bits per heavy atom. The molecular weight excluding hydrogens is 382 g/mol. The van der Waals surface area contributed by atoms with Gasteiger partial charge in [0.2, 0.25) is 0 Å². The largest absolute Gasteiger partial charge is 0.292 e. The molecule has 0 saturated heterocycles. The van der Waals surface area contributed by atoms with E-state index in [-0.39, 0.29) is 11.3 Å². The molecule has 1 amide bonds. The molecule has 2 N–H and O–H groups in total. The van der Waals surface area contributed by atoms with E-state index < -0.39 is 5.91 Å². The zero-order valence-corrected chi connectivity index (χ0v) is 15.8. The van der Waals surface area contributed by atoms with Crippen molar-refractivity contribution in [3.8, 4) is 0 Å². The van der Waals surface area contributed by atoms with Crippen LogP contribution in [0, 0.1) is 0 Å². The number of nitrogens with zero attached hydrogens (tertiary/aromatic N) is 5. The number of rotatable bonds is 6. The van der Waals surface area contributed by atoms with Gasteiger partial charge in [0, 0.05) is 11.6 Å². The molecular formula is C21H17N7O2. The van der Waals surface area contributed by atoms with E-state index in [1.54, 1.807) is 41.1 Å². The van der Waals surface area contributed by atoms with Gasteiger partial charge in [-0.3, -0.25) is 9.59 Å². The second-order valence-electron chi connectivity index (χ2n) is 6.35. The summed E-state index contributed by atoms with van der Waals surface area (Å²) in [7, 11) is 0. The number of benzene rings is 2. The molecule has 0 aliphatic carbocycles. The van der Waals surface area contributed by atoms with Crippen molar-refractivity contribution in [1.82, 2.24) is 30.6 Å². The van der Waals surface area contributed by atoms with Crippen molar-refractivity contribution >= 4 is 29.0 Å². The Bertz CT molecular complexity index is 1290. The zero-order valence-electron chi connectivity index (χ0n) is 15.8. The Labute approximate surface area is 170 Å². The van der Waals surface area contributed by atoms with E-state index in [0.29, 0.717) is 23.0 Å². The number of amides is 1. The van der Waals surface area contributed by atoms with Crippen LogP contribution in [0.1, 0.15) is 21.7 Å². The normalized spacial score (nSPS) is 11.5. The van der Waals surface area contributed by atoms with Crippen LogP contribution in [0.5, 0.6) is 0 Å². The second-order valence-corrected chi connectivity index (χ2v) is 6.35. The summed E-state index contributed by atoms with van der Waals surface area (Å²) in [6.45, 7) is 0.631. The van der Waals surface area contributed by atoms with Crippen molar-refractivity contribution in [2.75, 3.05) is 0 Å². The minimum absolute atomic E-state index is 0.0928. The number of aromatic amines is 1. The van der Waals surface area contributed by atoms with Crippen LogP contribution >= 0.6 is 0 Å². The number of hydrazone groups is 1. The predicted molar refractivity (Wildman–Crippen MR) is 113 cm³/mol. The number of aromatic nitrogens is 5. The maximum absolute atomic E-state index is 12.3. The zero-order chi connectivity index (χ0) is 20.8. The first-order valence-corrected chi connectivity index (χ1v) is 9.12. The molecule has 0 unspecified atom stereocenters. The lowest BCUT2D eigenvalue weighted by molar-refractivity contribution is 0.0951. The lowest BCUT2D eigenvalue weighted by atomic mass is 10.1. The Morgan fingerprint density at radius 2 is 1.87 bits per heavy atom. The van der Waals surface area contributed by atoms with Crippen LogP contribution in [0.3, 0.4) is 0 Å². The molecule has 0 saturated carbocycles. The molecule has 0 aliphatic heterocycles. The summed E-state index contributed by atoms with van der Waals surface area (Å²) < 4.78 is 1.74. The van der Waals surface area contributed by atoms with Crippen LogP contribution < -0.4 is 11.0 Å². The smallest absolute Gasteiger partial charge is 0.267 e. The van der Waals surface area contributed by atoms with E-state index >= 15 is 0 Å². The number of hydrogen-bond donors (Lipinski definition) is 2. The molecule has 148 valence electrons. The Kier molecular flexibility index (Phi) is 5.52. The number of carbonyl (C=O) groups excluding carboxylic acids is 1. The van der Waals surface area contributed by atoms with Gasteiger partial charge in [-0.05, 0) is 23.8 Å². The lowest BCUT2D eigenvalue weighted by Gasteiger charge is -2.02. The SMILES string of the molecule is O=C(N/N=C\C=C\c1cn(Cc2ccccc2)nn1)c1n[nH]c(=O)c2ccccc12. The van der Waals surface area contributed by atoms with Gasteiger partial charge in [-0.1, -0.05) is 53.7 Å². The van der Waals surface area contributed by atoms with E-state index in [2.05, 4.69) is 31.0 Å². The first-order chi connectivity index (χ1) is 14.7. The molecule has 0 aliphatic rings. The fourth-order valence-corrected chi connectivity index (χ4v) is 2.86. The monoisotopic (exact) mass is 399 g/mol. The van der Waals surface area contributed by atoms with E-state index in [0.717, 1.165) is 5.56 Å². The molecule has 4 rings (SSSR count). The van der Waals surface area contributed by atoms with Crippen molar-refractivity contribution in [1.29, 1.82) is 0 Å². The number of H-pyrrole nitrogens is 1. The Balaban J connectivity index is 1.37. The quantitative estimate of drug-likeness (QED) is 0.380. The number of carbonyl (C=O) groups is 1. The molecule has 0 atom stereocenters. The minimum Gasteiger partial charge on any atom is -0.267 e. The third-order valence-electron chi connectivity index (χ3n) is 4.25. The van der Waals surface area contributed by atoms with Gasteiger partial charge in [-0.15, -0.1) is 5.10 Å². The lowest BCUT2D eigenvalue weighted by Crippen LogP contribution is -2.22. The topological polar surface area (TPSA) is 118 Å². The third kappa shape index (κ3) is 4.36. The third-order valence-corrected chi connectivity index (χ3v) is 4.25. The molecule has 2 aromatic heterocycles. The maximum atomic E-state index is 12.3. The van der Waals surface area contributed by atoms with Gasteiger partial charge in [0.05, 0.1) is 18.1 Å². The van der Waals surface area contributed by atoms with Crippen LogP contribution in [-0.2, 0) is 6.54 Å². The molecule has 0 spiro atoms. The highest BCUT2D eigenvalue weighted by Gasteiger charge is 2.12. The highest BCUT2D eigenvalue weighted by atomic mass is 16.2. The van der Waals surface area contributed by atoms with E-state index in [1.807, 2.05) is 36.5 Å². The molecule has 0 fully saturated rings. The number of allylic oxidation sites excluding steroid dienone is 1. The average molecular weight is 399 g/mol. The van der Waals surface area contributed by atoms with Crippen molar-refractivity contribution in [3.63, 3.8) is 0 Å². The highest BCUT2D eigenvalue weighted by molar-refractivity contribution is 6.04. The first-order valence-electron chi connectivity index (χ1n) is 9.12. The Morgan fingerprint density at radius 3 is 2.70 bits per heavy atom. The second kappa shape index (κ2) is 8.74. The van der Waals surface area contributed by atoms with Crippen molar-refractivity contribution in [3.05, 3.63) is 94.2 Å². The number of nitrogens with one attached hydrogen (secondary N) is 2. The summed E-state index contributed by atoms with van der Waals surface area (Å²) in [5.41, 5.74) is 3.92. The molecule has 4 aromatic rings. The summed E-state index contributed by atoms with van der Waals surface area (Å²) >= 11 is 0. The van der Waals surface area contributed by atoms with Gasteiger partial charge in [0.1, 0.15) is 5.69 Å². The standard InChI is InChI=1S/C21H17N7O2/c29-20-18-11-5-4-10-17(18)19(24-26-20)21(30)25-22-12-6-9-16-14-28(27-23-16)13-15-7-2-1-3-8-15/h1-12,14H,13H2,(H,25,30)(H,26,29)/b9-6+,22-12-. The molecule has 9 heteroatoms. The van der Waals surface area contributed by atoms with E-state index in [4.69, 9.17) is 0 Å². The fourth-order valence-electron chi connectivity index (χ4n) is 2.86. The van der Waals surface area contributed by atoms with Gasteiger partial charge in [0.15, 0.2) is 5.69 Å². The molecule has 0 radical (unpaired) electrons. The minimum atomic E-state index is -0.527.